The molecule has 6 heteroatoms. The van der Waals surface area contributed by atoms with E-state index in [2.05, 4.69) is 11.0 Å². The number of fused-ring (bicyclic) bond motifs is 1. The standard InChI is InChI=1S/C17H20N2O4/c1-18-10-14-13(2-3-16(19(20)21)15(14)11-18)12-4-6-17(7-5-12)22-8-9-23-17/h2-4H,5-11H2,1H3. The Morgan fingerprint density at radius 2 is 1.96 bits per heavy atom. The van der Waals surface area contributed by atoms with Gasteiger partial charge in [-0.15, -0.1) is 0 Å². The van der Waals surface area contributed by atoms with Gasteiger partial charge >= 0.3 is 0 Å². The van der Waals surface area contributed by atoms with Gasteiger partial charge < -0.3 is 9.47 Å². The zero-order valence-corrected chi connectivity index (χ0v) is 13.2. The van der Waals surface area contributed by atoms with E-state index < -0.39 is 5.79 Å². The summed E-state index contributed by atoms with van der Waals surface area (Å²) in [5.41, 5.74) is 4.63. The molecule has 4 rings (SSSR count). The number of ether oxygens (including phenoxy) is 2. The summed E-state index contributed by atoms with van der Waals surface area (Å²) in [6.07, 6.45) is 4.67. The van der Waals surface area contributed by atoms with Gasteiger partial charge in [-0.3, -0.25) is 15.0 Å². The van der Waals surface area contributed by atoms with E-state index >= 15 is 0 Å². The van der Waals surface area contributed by atoms with Crippen molar-refractivity contribution in [2.24, 2.45) is 0 Å². The fraction of sp³-hybridized carbons (Fsp3) is 0.529. The van der Waals surface area contributed by atoms with Crippen molar-refractivity contribution in [2.75, 3.05) is 20.3 Å². The largest absolute Gasteiger partial charge is 0.347 e. The lowest BCUT2D eigenvalue weighted by molar-refractivity contribution is -0.385. The second-order valence-corrected chi connectivity index (χ2v) is 6.56. The van der Waals surface area contributed by atoms with Gasteiger partial charge in [0.25, 0.3) is 5.69 Å². The molecule has 1 spiro atoms. The quantitative estimate of drug-likeness (QED) is 0.620. The molecule has 23 heavy (non-hydrogen) atoms. The summed E-state index contributed by atoms with van der Waals surface area (Å²) in [4.78, 5) is 13.1. The minimum atomic E-state index is -0.426. The van der Waals surface area contributed by atoms with E-state index in [1.807, 2.05) is 13.1 Å². The minimum Gasteiger partial charge on any atom is -0.347 e. The molecule has 2 aliphatic heterocycles. The Balaban J connectivity index is 1.69. The molecule has 1 aliphatic carbocycles. The number of allylic oxidation sites excluding steroid dienone is 1. The van der Waals surface area contributed by atoms with Crippen LogP contribution in [0.2, 0.25) is 0 Å². The van der Waals surface area contributed by atoms with Crippen LogP contribution in [-0.2, 0) is 22.6 Å². The van der Waals surface area contributed by atoms with Crippen LogP contribution in [0.25, 0.3) is 5.57 Å². The zero-order valence-electron chi connectivity index (χ0n) is 13.2. The van der Waals surface area contributed by atoms with E-state index in [0.717, 1.165) is 42.5 Å². The maximum Gasteiger partial charge on any atom is 0.274 e. The van der Waals surface area contributed by atoms with Crippen LogP contribution in [0, 0.1) is 10.1 Å². The van der Waals surface area contributed by atoms with Gasteiger partial charge in [-0.2, -0.15) is 0 Å². The van der Waals surface area contributed by atoms with Gasteiger partial charge in [0.05, 0.1) is 18.1 Å². The maximum absolute atomic E-state index is 11.3. The molecule has 0 aromatic heterocycles. The predicted octanol–water partition coefficient (Wildman–Crippen LogP) is 2.85. The van der Waals surface area contributed by atoms with Gasteiger partial charge in [0.2, 0.25) is 0 Å². The highest BCUT2D eigenvalue weighted by molar-refractivity contribution is 5.72. The number of benzene rings is 1. The lowest BCUT2D eigenvalue weighted by atomic mass is 9.86. The van der Waals surface area contributed by atoms with E-state index in [9.17, 15) is 10.1 Å². The van der Waals surface area contributed by atoms with E-state index in [-0.39, 0.29) is 10.6 Å². The molecule has 1 fully saturated rings. The van der Waals surface area contributed by atoms with Crippen LogP contribution < -0.4 is 0 Å². The number of hydrogen-bond acceptors (Lipinski definition) is 5. The van der Waals surface area contributed by atoms with Crippen LogP contribution in [0.1, 0.15) is 36.0 Å². The highest BCUT2D eigenvalue weighted by atomic mass is 16.7. The highest BCUT2D eigenvalue weighted by Gasteiger charge is 2.38. The number of nitro groups is 1. The Hall–Kier alpha value is -1.76. The van der Waals surface area contributed by atoms with Gasteiger partial charge in [0.1, 0.15) is 0 Å². The van der Waals surface area contributed by atoms with Crippen LogP contribution in [0.3, 0.4) is 0 Å². The van der Waals surface area contributed by atoms with Crippen molar-refractivity contribution < 1.29 is 14.4 Å². The Bertz CT molecular complexity index is 692. The molecule has 0 unspecified atom stereocenters. The predicted molar refractivity (Wildman–Crippen MR) is 84.7 cm³/mol. The summed E-state index contributed by atoms with van der Waals surface area (Å²) in [6.45, 7) is 2.74. The van der Waals surface area contributed by atoms with Crippen molar-refractivity contribution in [3.8, 4) is 0 Å². The van der Waals surface area contributed by atoms with Gasteiger partial charge in [0, 0.05) is 37.6 Å². The van der Waals surface area contributed by atoms with Gasteiger partial charge in [-0.25, -0.2) is 0 Å². The van der Waals surface area contributed by atoms with Crippen molar-refractivity contribution >= 4 is 11.3 Å². The first-order chi connectivity index (χ1) is 11.1. The Morgan fingerprint density at radius 3 is 2.61 bits per heavy atom. The van der Waals surface area contributed by atoms with Crippen molar-refractivity contribution in [3.05, 3.63) is 45.0 Å². The van der Waals surface area contributed by atoms with Crippen LogP contribution in [0.5, 0.6) is 0 Å². The summed E-state index contributed by atoms with van der Waals surface area (Å²) >= 11 is 0. The first-order valence-electron chi connectivity index (χ1n) is 8.03. The summed E-state index contributed by atoms with van der Waals surface area (Å²) < 4.78 is 11.5. The lowest BCUT2D eigenvalue weighted by Crippen LogP contribution is -2.31. The van der Waals surface area contributed by atoms with Crippen LogP contribution in [0.4, 0.5) is 5.69 Å². The first kappa shape index (κ1) is 14.8. The zero-order chi connectivity index (χ0) is 16.0. The monoisotopic (exact) mass is 316 g/mol. The fourth-order valence-electron chi connectivity index (χ4n) is 3.92. The van der Waals surface area contributed by atoms with Crippen molar-refractivity contribution in [2.45, 2.75) is 38.1 Å². The van der Waals surface area contributed by atoms with E-state index in [1.165, 1.54) is 5.57 Å². The second kappa shape index (κ2) is 5.40. The molecule has 6 nitrogen and oxygen atoms in total. The highest BCUT2D eigenvalue weighted by Crippen LogP contribution is 2.42. The Kier molecular flexibility index (Phi) is 3.48. The van der Waals surface area contributed by atoms with Crippen LogP contribution in [0.15, 0.2) is 18.2 Å². The van der Waals surface area contributed by atoms with Crippen molar-refractivity contribution in [3.63, 3.8) is 0 Å². The Labute approximate surface area is 134 Å². The molecule has 0 radical (unpaired) electrons. The summed E-state index contributed by atoms with van der Waals surface area (Å²) in [5.74, 6) is -0.426. The number of nitrogens with zero attached hydrogens (tertiary/aromatic N) is 2. The molecule has 0 saturated carbocycles. The molecule has 122 valence electrons. The maximum atomic E-state index is 11.3. The number of rotatable bonds is 2. The molecule has 1 aromatic carbocycles. The van der Waals surface area contributed by atoms with Crippen LogP contribution in [-0.4, -0.2) is 35.9 Å². The van der Waals surface area contributed by atoms with Gasteiger partial charge in [-0.1, -0.05) is 6.08 Å². The molecule has 0 bridgehead atoms. The second-order valence-electron chi connectivity index (χ2n) is 6.56. The first-order valence-corrected chi connectivity index (χ1v) is 8.03. The van der Waals surface area contributed by atoms with E-state index in [4.69, 9.17) is 9.47 Å². The molecule has 0 atom stereocenters. The smallest absolute Gasteiger partial charge is 0.274 e. The summed E-state index contributed by atoms with van der Waals surface area (Å²) in [5, 5.41) is 11.3. The molecular formula is C17H20N2O4. The normalized spacial score (nSPS) is 23.1. The van der Waals surface area contributed by atoms with Crippen molar-refractivity contribution in [1.82, 2.24) is 4.90 Å². The number of hydrogen-bond donors (Lipinski definition) is 0. The average Bonchev–Trinajstić information content (AvgIpc) is 3.13. The minimum absolute atomic E-state index is 0.239. The van der Waals surface area contributed by atoms with Gasteiger partial charge in [-0.05, 0) is 36.2 Å². The summed E-state index contributed by atoms with van der Waals surface area (Å²) in [7, 11) is 2.00. The molecule has 3 aliphatic rings. The van der Waals surface area contributed by atoms with Crippen molar-refractivity contribution in [1.29, 1.82) is 0 Å². The molecular weight excluding hydrogens is 296 g/mol. The molecule has 0 N–H and O–H groups in total. The SMILES string of the molecule is CN1Cc2c(C3=CCC4(CC3)OCCO4)ccc([N+](=O)[O-])c2C1. The fourth-order valence-corrected chi connectivity index (χ4v) is 3.92. The average molecular weight is 316 g/mol. The van der Waals surface area contributed by atoms with Crippen LogP contribution >= 0.6 is 0 Å². The molecule has 1 saturated heterocycles. The van der Waals surface area contributed by atoms with Gasteiger partial charge in [0.15, 0.2) is 5.79 Å². The van der Waals surface area contributed by atoms with E-state index in [0.29, 0.717) is 19.8 Å². The topological polar surface area (TPSA) is 64.8 Å². The number of nitro benzene ring substituents is 1. The molecule has 0 amide bonds. The third kappa shape index (κ3) is 2.47. The third-order valence-electron chi connectivity index (χ3n) is 5.05. The summed E-state index contributed by atoms with van der Waals surface area (Å²) in [6, 6.07) is 3.57. The molecule has 2 heterocycles. The lowest BCUT2D eigenvalue weighted by Gasteiger charge is -2.31. The Morgan fingerprint density at radius 1 is 1.22 bits per heavy atom. The molecule has 1 aromatic rings. The third-order valence-corrected chi connectivity index (χ3v) is 5.05. The van der Waals surface area contributed by atoms with E-state index in [1.54, 1.807) is 6.07 Å².